The molecule has 1 fully saturated rings. The molecule has 0 aliphatic carbocycles. The van der Waals surface area contributed by atoms with Crippen molar-refractivity contribution in [1.29, 1.82) is 5.26 Å². The summed E-state index contributed by atoms with van der Waals surface area (Å²) in [4.78, 5) is 28.1. The van der Waals surface area contributed by atoms with E-state index < -0.39 is 4.92 Å². The maximum atomic E-state index is 12.3. The van der Waals surface area contributed by atoms with Gasteiger partial charge in [0.1, 0.15) is 17.7 Å². The molecule has 1 aromatic heterocycles. The fourth-order valence-electron chi connectivity index (χ4n) is 2.34. The third-order valence-electron chi connectivity index (χ3n) is 3.61. The largest absolute Gasteiger partial charge is 0.470 e. The second-order valence-electron chi connectivity index (χ2n) is 5.23. The average Bonchev–Trinajstić information content (AvgIpc) is 2.57. The highest BCUT2D eigenvalue weighted by Gasteiger charge is 2.33. The van der Waals surface area contributed by atoms with Crippen LogP contribution in [0.15, 0.2) is 42.6 Å². The van der Waals surface area contributed by atoms with E-state index in [9.17, 15) is 14.9 Å². The topological polar surface area (TPSA) is 109 Å². The minimum absolute atomic E-state index is 0.124. The van der Waals surface area contributed by atoms with Crippen LogP contribution in [0.1, 0.15) is 15.9 Å². The zero-order chi connectivity index (χ0) is 17.1. The van der Waals surface area contributed by atoms with E-state index in [1.165, 1.54) is 35.4 Å². The molecule has 1 aliphatic heterocycles. The molecular formula is C16H12N4O4. The first-order valence-corrected chi connectivity index (χ1v) is 7.14. The van der Waals surface area contributed by atoms with Crippen molar-refractivity contribution in [1.82, 2.24) is 9.88 Å². The number of rotatable bonds is 4. The Balaban J connectivity index is 1.62. The van der Waals surface area contributed by atoms with Gasteiger partial charge >= 0.3 is 0 Å². The summed E-state index contributed by atoms with van der Waals surface area (Å²) < 4.78 is 5.61. The number of carbonyl (C=O) groups is 1. The highest BCUT2D eigenvalue weighted by Crippen LogP contribution is 2.22. The van der Waals surface area contributed by atoms with Gasteiger partial charge in [0, 0.05) is 23.9 Å². The molecule has 3 rings (SSSR count). The number of pyridine rings is 1. The first-order chi connectivity index (χ1) is 11.6. The number of nitrogens with zero attached hydrogens (tertiary/aromatic N) is 4. The normalized spacial score (nSPS) is 13.7. The minimum atomic E-state index is -0.538. The number of nitro benzene ring substituents is 1. The number of non-ortho nitro benzene ring substituents is 1. The van der Waals surface area contributed by atoms with E-state index in [-0.39, 0.29) is 29.1 Å². The second-order valence-corrected chi connectivity index (χ2v) is 5.23. The second kappa shape index (κ2) is 6.34. The van der Waals surface area contributed by atoms with E-state index >= 15 is 0 Å². The first kappa shape index (κ1) is 15.4. The Hall–Kier alpha value is -3.47. The van der Waals surface area contributed by atoms with Crippen LogP contribution in [0.3, 0.4) is 0 Å². The number of carbonyl (C=O) groups excluding carboxylic acids is 1. The van der Waals surface area contributed by atoms with Gasteiger partial charge in [-0.05, 0) is 18.2 Å². The van der Waals surface area contributed by atoms with E-state index in [4.69, 9.17) is 10.00 Å². The molecule has 0 unspecified atom stereocenters. The Labute approximate surface area is 137 Å². The Morgan fingerprint density at radius 3 is 2.88 bits per heavy atom. The van der Waals surface area contributed by atoms with Gasteiger partial charge in [-0.25, -0.2) is 4.98 Å². The summed E-state index contributed by atoms with van der Waals surface area (Å²) in [6.45, 7) is 0.673. The lowest BCUT2D eigenvalue weighted by Crippen LogP contribution is -2.56. The van der Waals surface area contributed by atoms with Crippen molar-refractivity contribution >= 4 is 11.6 Å². The van der Waals surface area contributed by atoms with Crippen LogP contribution in [0.2, 0.25) is 0 Å². The van der Waals surface area contributed by atoms with Gasteiger partial charge in [-0.15, -0.1) is 0 Å². The summed E-state index contributed by atoms with van der Waals surface area (Å²) in [7, 11) is 0. The molecule has 1 aliphatic rings. The summed E-state index contributed by atoms with van der Waals surface area (Å²) >= 11 is 0. The lowest BCUT2D eigenvalue weighted by Gasteiger charge is -2.38. The molecule has 0 spiro atoms. The van der Waals surface area contributed by atoms with Crippen LogP contribution in [-0.4, -0.2) is 39.9 Å². The molecule has 120 valence electrons. The summed E-state index contributed by atoms with van der Waals surface area (Å²) in [5.74, 6) is -0.0486. The lowest BCUT2D eigenvalue weighted by molar-refractivity contribution is -0.384. The van der Waals surface area contributed by atoms with Crippen molar-refractivity contribution in [2.75, 3.05) is 13.1 Å². The van der Waals surface area contributed by atoms with E-state index in [1.807, 2.05) is 6.07 Å². The third-order valence-corrected chi connectivity index (χ3v) is 3.61. The quantitative estimate of drug-likeness (QED) is 0.626. The number of aromatic nitrogens is 1. The van der Waals surface area contributed by atoms with Crippen LogP contribution in [0.25, 0.3) is 0 Å². The Kier molecular flexibility index (Phi) is 4.07. The van der Waals surface area contributed by atoms with Crippen LogP contribution in [0.5, 0.6) is 5.88 Å². The van der Waals surface area contributed by atoms with Gasteiger partial charge < -0.3 is 9.64 Å². The number of likely N-dealkylation sites (tertiary alicyclic amines) is 1. The Morgan fingerprint density at radius 2 is 2.17 bits per heavy atom. The van der Waals surface area contributed by atoms with Gasteiger partial charge in [-0.2, -0.15) is 5.26 Å². The smallest absolute Gasteiger partial charge is 0.270 e. The molecule has 1 saturated heterocycles. The van der Waals surface area contributed by atoms with Crippen LogP contribution < -0.4 is 4.74 Å². The predicted octanol–water partition coefficient (Wildman–Crippen LogP) is 1.76. The molecule has 2 aromatic rings. The van der Waals surface area contributed by atoms with Crippen molar-refractivity contribution in [2.24, 2.45) is 0 Å². The molecule has 1 aromatic carbocycles. The van der Waals surface area contributed by atoms with E-state index in [1.54, 1.807) is 12.1 Å². The molecule has 1 amide bonds. The molecule has 0 bridgehead atoms. The molecule has 0 saturated carbocycles. The van der Waals surface area contributed by atoms with Crippen molar-refractivity contribution in [2.45, 2.75) is 6.10 Å². The summed E-state index contributed by atoms with van der Waals surface area (Å²) in [5.41, 5.74) is 0.473. The van der Waals surface area contributed by atoms with Gasteiger partial charge in [0.15, 0.2) is 0 Å². The molecule has 24 heavy (non-hydrogen) atoms. The van der Waals surface area contributed by atoms with Crippen LogP contribution >= 0.6 is 0 Å². The monoisotopic (exact) mass is 324 g/mol. The Bertz CT molecular complexity index is 840. The molecule has 0 radical (unpaired) electrons. The van der Waals surface area contributed by atoms with Crippen LogP contribution in [-0.2, 0) is 0 Å². The number of nitriles is 1. The minimum Gasteiger partial charge on any atom is -0.470 e. The molecule has 0 N–H and O–H groups in total. The fraction of sp³-hybridized carbons (Fsp3) is 0.188. The molecule has 8 heteroatoms. The molecule has 2 heterocycles. The number of nitro groups is 1. The van der Waals surface area contributed by atoms with Crippen LogP contribution in [0, 0.1) is 21.4 Å². The SMILES string of the molecule is N#Cc1cccnc1OC1CN(C(=O)c2cccc([N+](=O)[O-])c2)C1. The van der Waals surface area contributed by atoms with E-state index in [0.29, 0.717) is 18.7 Å². The average molecular weight is 324 g/mol. The van der Waals surface area contributed by atoms with E-state index in [2.05, 4.69) is 4.98 Å². The number of amides is 1. The fourth-order valence-corrected chi connectivity index (χ4v) is 2.34. The van der Waals surface area contributed by atoms with Crippen molar-refractivity contribution in [3.8, 4) is 11.9 Å². The van der Waals surface area contributed by atoms with Gasteiger partial charge in [-0.3, -0.25) is 14.9 Å². The van der Waals surface area contributed by atoms with Crippen LogP contribution in [0.4, 0.5) is 5.69 Å². The van der Waals surface area contributed by atoms with E-state index in [0.717, 1.165) is 0 Å². The van der Waals surface area contributed by atoms with Crippen molar-refractivity contribution in [3.63, 3.8) is 0 Å². The van der Waals surface area contributed by atoms with Gasteiger partial charge in [0.25, 0.3) is 11.6 Å². The summed E-state index contributed by atoms with van der Waals surface area (Å²) in [6.07, 6.45) is 1.27. The lowest BCUT2D eigenvalue weighted by atomic mass is 10.1. The van der Waals surface area contributed by atoms with Gasteiger partial charge in [0.05, 0.1) is 18.0 Å². The maximum Gasteiger partial charge on any atom is 0.270 e. The first-order valence-electron chi connectivity index (χ1n) is 7.14. The molecule has 0 atom stereocenters. The number of benzene rings is 1. The highest BCUT2D eigenvalue weighted by molar-refractivity contribution is 5.95. The number of hydrogen-bond acceptors (Lipinski definition) is 6. The van der Waals surface area contributed by atoms with Crippen molar-refractivity contribution in [3.05, 3.63) is 63.8 Å². The summed E-state index contributed by atoms with van der Waals surface area (Å²) in [6, 6.07) is 10.8. The zero-order valence-electron chi connectivity index (χ0n) is 12.5. The number of ether oxygens (including phenoxy) is 1. The van der Waals surface area contributed by atoms with Gasteiger partial charge in [0.2, 0.25) is 5.88 Å². The number of hydrogen-bond donors (Lipinski definition) is 0. The zero-order valence-corrected chi connectivity index (χ0v) is 12.5. The molecule has 8 nitrogen and oxygen atoms in total. The highest BCUT2D eigenvalue weighted by atomic mass is 16.6. The van der Waals surface area contributed by atoms with Gasteiger partial charge in [-0.1, -0.05) is 6.07 Å². The Morgan fingerprint density at radius 1 is 1.38 bits per heavy atom. The summed E-state index contributed by atoms with van der Waals surface area (Å²) in [5, 5.41) is 19.8. The predicted molar refractivity (Wildman–Crippen MR) is 82.4 cm³/mol. The maximum absolute atomic E-state index is 12.3. The van der Waals surface area contributed by atoms with Crippen molar-refractivity contribution < 1.29 is 14.5 Å². The standard InChI is InChI=1S/C16H12N4O4/c17-8-12-4-2-6-18-15(12)24-14-9-19(10-14)16(21)11-3-1-5-13(7-11)20(22)23/h1-7,14H,9-10H2. The third kappa shape index (κ3) is 3.01. The molecular weight excluding hydrogens is 312 g/mol.